The summed E-state index contributed by atoms with van der Waals surface area (Å²) < 4.78 is 30.2. The number of ether oxygens (including phenoxy) is 1. The molecule has 0 saturated heterocycles. The van der Waals surface area contributed by atoms with Gasteiger partial charge in [0.1, 0.15) is 12.4 Å². The number of nitrogens with zero attached hydrogens (tertiary/aromatic N) is 1. The predicted molar refractivity (Wildman–Crippen MR) is 67.5 cm³/mol. The van der Waals surface area contributed by atoms with E-state index in [0.717, 1.165) is 0 Å². The van der Waals surface area contributed by atoms with Crippen molar-refractivity contribution in [3.05, 3.63) is 23.9 Å². The van der Waals surface area contributed by atoms with Crippen molar-refractivity contribution < 1.29 is 18.3 Å². The van der Waals surface area contributed by atoms with Gasteiger partial charge in [0.25, 0.3) is 0 Å². The highest BCUT2D eigenvalue weighted by Crippen LogP contribution is 2.08. The van der Waals surface area contributed by atoms with Gasteiger partial charge in [-0.2, -0.15) is 0 Å². The molecule has 0 aliphatic carbocycles. The first-order valence-electron chi connectivity index (χ1n) is 5.12. The highest BCUT2D eigenvalue weighted by molar-refractivity contribution is 7.92. The molecule has 0 unspecified atom stereocenters. The number of hydrogen-bond donors (Lipinski definition) is 2. The van der Waals surface area contributed by atoms with Crippen LogP contribution in [0.3, 0.4) is 0 Å². The average Bonchev–Trinajstić information content (AvgIpc) is 2.34. The highest BCUT2D eigenvalue weighted by Gasteiger charge is 2.10. The molecule has 0 aromatic carbocycles. The van der Waals surface area contributed by atoms with Gasteiger partial charge in [0.15, 0.2) is 0 Å². The van der Waals surface area contributed by atoms with Crippen LogP contribution in [0.15, 0.2) is 18.3 Å². The molecule has 0 radical (unpaired) electrons. The van der Waals surface area contributed by atoms with E-state index in [1.165, 1.54) is 19.4 Å². The first-order valence-corrected chi connectivity index (χ1v) is 6.78. The van der Waals surface area contributed by atoms with Crippen LogP contribution in [0, 0.1) is 11.8 Å². The Kier molecular flexibility index (Phi) is 5.58. The van der Waals surface area contributed by atoms with Gasteiger partial charge in [0.2, 0.25) is 10.0 Å². The van der Waals surface area contributed by atoms with Gasteiger partial charge in [-0.15, -0.1) is 0 Å². The molecule has 6 nitrogen and oxygen atoms in total. The lowest BCUT2D eigenvalue weighted by molar-refractivity contribution is 0.217. The van der Waals surface area contributed by atoms with E-state index in [4.69, 9.17) is 9.84 Å². The summed E-state index contributed by atoms with van der Waals surface area (Å²) >= 11 is 0. The zero-order valence-corrected chi connectivity index (χ0v) is 10.7. The van der Waals surface area contributed by atoms with Crippen LogP contribution in [-0.4, -0.2) is 44.6 Å². The molecular weight excluding hydrogens is 256 g/mol. The molecule has 98 valence electrons. The Hall–Kier alpha value is -1.62. The predicted octanol–water partition coefficient (Wildman–Crippen LogP) is -0.187. The van der Waals surface area contributed by atoms with Gasteiger partial charge in [-0.1, -0.05) is 11.8 Å². The van der Waals surface area contributed by atoms with Gasteiger partial charge in [-0.05, 0) is 12.1 Å². The first-order chi connectivity index (χ1) is 8.57. The van der Waals surface area contributed by atoms with Crippen molar-refractivity contribution in [3.63, 3.8) is 0 Å². The van der Waals surface area contributed by atoms with E-state index in [9.17, 15) is 8.42 Å². The van der Waals surface area contributed by atoms with Gasteiger partial charge in [-0.25, -0.2) is 13.4 Å². The minimum Gasteiger partial charge on any atom is -0.384 e. The van der Waals surface area contributed by atoms with E-state index in [2.05, 4.69) is 21.5 Å². The lowest BCUT2D eigenvalue weighted by atomic mass is 10.2. The second-order valence-corrected chi connectivity index (χ2v) is 5.15. The number of rotatable bonds is 5. The summed E-state index contributed by atoms with van der Waals surface area (Å²) in [4.78, 5) is 3.88. The summed E-state index contributed by atoms with van der Waals surface area (Å²) in [6, 6.07) is 3.11. The number of pyridine rings is 1. The Balaban J connectivity index is 2.79. The maximum atomic E-state index is 11.6. The Morgan fingerprint density at radius 2 is 2.33 bits per heavy atom. The Morgan fingerprint density at radius 1 is 1.56 bits per heavy atom. The van der Waals surface area contributed by atoms with Crippen molar-refractivity contribution in [2.24, 2.45) is 0 Å². The van der Waals surface area contributed by atoms with Crippen molar-refractivity contribution in [2.75, 3.05) is 30.8 Å². The number of methoxy groups -OCH3 is 1. The molecular formula is C11H14N2O4S. The van der Waals surface area contributed by atoms with Gasteiger partial charge in [0.05, 0.1) is 12.4 Å². The molecule has 0 spiro atoms. The summed E-state index contributed by atoms with van der Waals surface area (Å²) in [5.74, 6) is 5.18. The van der Waals surface area contributed by atoms with Crippen LogP contribution in [0.1, 0.15) is 5.56 Å². The van der Waals surface area contributed by atoms with Crippen LogP contribution in [-0.2, 0) is 14.8 Å². The molecule has 0 atom stereocenters. The van der Waals surface area contributed by atoms with Crippen molar-refractivity contribution in [3.8, 4) is 11.8 Å². The minimum absolute atomic E-state index is 0.110. The number of aliphatic hydroxyl groups excluding tert-OH is 1. The van der Waals surface area contributed by atoms with E-state index < -0.39 is 10.0 Å². The van der Waals surface area contributed by atoms with Crippen molar-refractivity contribution in [1.29, 1.82) is 0 Å². The lowest BCUT2D eigenvalue weighted by Crippen LogP contribution is -2.20. The highest BCUT2D eigenvalue weighted by atomic mass is 32.2. The third-order valence-electron chi connectivity index (χ3n) is 1.89. The van der Waals surface area contributed by atoms with Crippen LogP contribution in [0.25, 0.3) is 0 Å². The minimum atomic E-state index is -3.47. The first kappa shape index (κ1) is 14.4. The molecule has 0 aliphatic heterocycles. The van der Waals surface area contributed by atoms with Crippen LogP contribution in [0.5, 0.6) is 0 Å². The molecule has 1 aromatic rings. The largest absolute Gasteiger partial charge is 0.384 e. The van der Waals surface area contributed by atoms with Crippen LogP contribution < -0.4 is 4.72 Å². The molecule has 7 heteroatoms. The third kappa shape index (κ3) is 5.14. The Labute approximate surface area is 106 Å². The zero-order valence-electron chi connectivity index (χ0n) is 9.88. The number of aliphatic hydroxyl groups is 1. The molecule has 18 heavy (non-hydrogen) atoms. The average molecular weight is 270 g/mol. The fraction of sp³-hybridized carbons (Fsp3) is 0.364. The Morgan fingerprint density at radius 3 is 3.00 bits per heavy atom. The van der Waals surface area contributed by atoms with Crippen LogP contribution in [0.2, 0.25) is 0 Å². The molecule has 1 aromatic heterocycles. The molecule has 2 N–H and O–H groups in total. The molecule has 1 rings (SSSR count). The van der Waals surface area contributed by atoms with E-state index in [0.29, 0.717) is 5.56 Å². The number of hydrogen-bond acceptors (Lipinski definition) is 5. The number of sulfonamides is 1. The molecule has 0 fully saturated rings. The maximum absolute atomic E-state index is 11.6. The summed E-state index contributed by atoms with van der Waals surface area (Å²) in [7, 11) is -2.04. The van der Waals surface area contributed by atoms with Crippen molar-refractivity contribution in [1.82, 2.24) is 4.98 Å². The van der Waals surface area contributed by atoms with Crippen LogP contribution in [0.4, 0.5) is 5.82 Å². The summed E-state index contributed by atoms with van der Waals surface area (Å²) in [5, 5.41) is 8.57. The molecule has 0 saturated carbocycles. The number of aromatic nitrogens is 1. The quantitative estimate of drug-likeness (QED) is 0.724. The molecule has 0 bridgehead atoms. The number of anilines is 1. The maximum Gasteiger partial charge on any atom is 0.236 e. The van der Waals surface area contributed by atoms with Crippen LogP contribution >= 0.6 is 0 Å². The lowest BCUT2D eigenvalue weighted by Gasteiger charge is -2.06. The summed E-state index contributed by atoms with van der Waals surface area (Å²) in [6.45, 7) is -0.142. The number of nitrogens with one attached hydrogen (secondary N) is 1. The summed E-state index contributed by atoms with van der Waals surface area (Å²) in [5.41, 5.74) is 0.573. The second kappa shape index (κ2) is 6.96. The normalized spacial score (nSPS) is 10.6. The Bertz CT molecular complexity index is 546. The summed E-state index contributed by atoms with van der Waals surface area (Å²) in [6.07, 6.45) is 1.44. The van der Waals surface area contributed by atoms with Gasteiger partial charge >= 0.3 is 0 Å². The van der Waals surface area contributed by atoms with E-state index >= 15 is 0 Å². The smallest absolute Gasteiger partial charge is 0.236 e. The van der Waals surface area contributed by atoms with Crippen molar-refractivity contribution in [2.45, 2.75) is 0 Å². The molecule has 0 aliphatic rings. The fourth-order valence-electron chi connectivity index (χ4n) is 1.11. The van der Waals surface area contributed by atoms with Gasteiger partial charge < -0.3 is 9.84 Å². The zero-order chi connectivity index (χ0) is 13.4. The monoisotopic (exact) mass is 270 g/mol. The molecule has 0 amide bonds. The third-order valence-corrected chi connectivity index (χ3v) is 3.11. The standard InChI is InChI=1S/C11H14N2O4S/c1-17-7-8-18(15,16)13-11-9-10(3-2-6-14)4-5-12-11/h4-5,9,14H,6-8H2,1H3,(H,12,13). The fourth-order valence-corrected chi connectivity index (χ4v) is 2.03. The van der Waals surface area contributed by atoms with E-state index in [1.807, 2.05) is 0 Å². The molecule has 1 heterocycles. The van der Waals surface area contributed by atoms with E-state index in [-0.39, 0.29) is 24.8 Å². The SMILES string of the molecule is COCCS(=O)(=O)Nc1cc(C#CCO)ccn1. The van der Waals surface area contributed by atoms with Gasteiger partial charge in [-0.3, -0.25) is 4.72 Å². The second-order valence-electron chi connectivity index (χ2n) is 3.30. The van der Waals surface area contributed by atoms with Crippen molar-refractivity contribution >= 4 is 15.8 Å². The van der Waals surface area contributed by atoms with E-state index in [1.54, 1.807) is 6.07 Å². The topological polar surface area (TPSA) is 88.5 Å². The van der Waals surface area contributed by atoms with Gasteiger partial charge in [0, 0.05) is 18.9 Å².